The maximum absolute atomic E-state index is 13.2. The number of rotatable bonds is 6. The van der Waals surface area contributed by atoms with E-state index < -0.39 is 33.3 Å². The largest absolute Gasteiger partial charge is 0.419 e. The highest BCUT2D eigenvalue weighted by Crippen LogP contribution is 2.33. The molecule has 8 nitrogen and oxygen atoms in total. The minimum Gasteiger partial charge on any atom is -0.383 e. The molecular weight excluding hydrogens is 519 g/mol. The third-order valence-corrected chi connectivity index (χ3v) is 7.01. The average Bonchev–Trinajstić information content (AvgIpc) is 2.81. The molecule has 3 N–H and O–H groups in total. The van der Waals surface area contributed by atoms with Gasteiger partial charge < -0.3 is 11.1 Å². The number of nitrogen functional groups attached to an aromatic ring is 1. The normalized spacial score (nSPS) is 12.1. The van der Waals surface area contributed by atoms with Crippen LogP contribution in [-0.2, 0) is 29.0 Å². The molecule has 198 valence electrons. The number of hydrogen-bond donors (Lipinski definition) is 2. The van der Waals surface area contributed by atoms with Crippen molar-refractivity contribution in [3.05, 3.63) is 88.0 Å². The van der Waals surface area contributed by atoms with Crippen molar-refractivity contribution in [1.82, 2.24) is 20.3 Å². The molecule has 38 heavy (non-hydrogen) atoms. The molecule has 0 bridgehead atoms. The zero-order chi connectivity index (χ0) is 27.8. The van der Waals surface area contributed by atoms with Gasteiger partial charge in [0.15, 0.2) is 9.84 Å². The Labute approximate surface area is 217 Å². The van der Waals surface area contributed by atoms with Crippen LogP contribution in [-0.4, -0.2) is 35.5 Å². The van der Waals surface area contributed by atoms with E-state index >= 15 is 0 Å². The zero-order valence-corrected chi connectivity index (χ0v) is 21.5. The molecular formula is C26H24F3N5O3S. The summed E-state index contributed by atoms with van der Waals surface area (Å²) in [6.45, 7) is 3.18. The number of carbonyl (C=O) groups excluding carboxylic acids is 1. The van der Waals surface area contributed by atoms with E-state index in [1.807, 2.05) is 19.1 Å². The van der Waals surface area contributed by atoms with Crippen molar-refractivity contribution < 1.29 is 26.4 Å². The Balaban J connectivity index is 1.57. The van der Waals surface area contributed by atoms with Crippen LogP contribution >= 0.6 is 0 Å². The Morgan fingerprint density at radius 2 is 1.82 bits per heavy atom. The van der Waals surface area contributed by atoms with Crippen LogP contribution in [0.25, 0.3) is 10.9 Å². The van der Waals surface area contributed by atoms with E-state index in [9.17, 15) is 26.4 Å². The minimum absolute atomic E-state index is 0.101. The van der Waals surface area contributed by atoms with Gasteiger partial charge in [-0.15, -0.1) is 0 Å². The summed E-state index contributed by atoms with van der Waals surface area (Å²) >= 11 is 0. The molecule has 12 heteroatoms. The lowest BCUT2D eigenvalue weighted by Gasteiger charge is -2.14. The van der Waals surface area contributed by atoms with Crippen LogP contribution in [0.4, 0.5) is 19.0 Å². The van der Waals surface area contributed by atoms with Gasteiger partial charge in [0.05, 0.1) is 16.0 Å². The van der Waals surface area contributed by atoms with Crippen molar-refractivity contribution >= 4 is 32.5 Å². The number of alkyl halides is 3. The molecule has 0 spiro atoms. The molecule has 0 saturated carbocycles. The zero-order valence-electron chi connectivity index (χ0n) is 20.7. The van der Waals surface area contributed by atoms with E-state index in [0.717, 1.165) is 17.9 Å². The maximum atomic E-state index is 13.2. The number of aromatic nitrogens is 3. The van der Waals surface area contributed by atoms with Crippen LogP contribution < -0.4 is 11.1 Å². The Kier molecular flexibility index (Phi) is 7.11. The van der Waals surface area contributed by atoms with Crippen LogP contribution in [0.2, 0.25) is 0 Å². The van der Waals surface area contributed by atoms with Crippen molar-refractivity contribution in [3.63, 3.8) is 0 Å². The number of fused-ring (bicyclic) bond motifs is 1. The van der Waals surface area contributed by atoms with Crippen LogP contribution in [0, 0.1) is 13.8 Å². The molecule has 0 saturated heterocycles. The van der Waals surface area contributed by atoms with Crippen molar-refractivity contribution in [2.45, 2.75) is 37.9 Å². The first kappa shape index (κ1) is 27.0. The Hall–Kier alpha value is -4.06. The molecule has 1 aromatic carbocycles. The second-order valence-corrected chi connectivity index (χ2v) is 11.0. The fraction of sp³-hybridized carbons (Fsp3) is 0.231. The lowest BCUT2D eigenvalue weighted by Crippen LogP contribution is -2.24. The van der Waals surface area contributed by atoms with Gasteiger partial charge in [-0.1, -0.05) is 0 Å². The van der Waals surface area contributed by atoms with Crippen molar-refractivity contribution in [3.8, 4) is 0 Å². The molecule has 0 atom stereocenters. The molecule has 3 heterocycles. The summed E-state index contributed by atoms with van der Waals surface area (Å²) in [5.74, 6) is -1.14. The van der Waals surface area contributed by atoms with E-state index in [1.54, 1.807) is 18.3 Å². The lowest BCUT2D eigenvalue weighted by molar-refractivity contribution is -0.137. The second kappa shape index (κ2) is 10.0. The van der Waals surface area contributed by atoms with Gasteiger partial charge in [-0.2, -0.15) is 13.2 Å². The van der Waals surface area contributed by atoms with Crippen LogP contribution in [0.3, 0.4) is 0 Å². The molecule has 0 fully saturated rings. The Morgan fingerprint density at radius 3 is 2.50 bits per heavy atom. The Morgan fingerprint density at radius 1 is 1.08 bits per heavy atom. The van der Waals surface area contributed by atoms with E-state index in [1.165, 1.54) is 19.2 Å². The molecule has 3 aromatic heterocycles. The highest BCUT2D eigenvalue weighted by Gasteiger charge is 2.34. The first-order chi connectivity index (χ1) is 17.7. The SMILES string of the molecule is Cc1cnc2c(S(C)(=O)=O)cc(Cc3cc(C(=O)NCc4cc(C(F)(F)F)c(N)nc4C)ccn3)cc2c1. The number of benzene rings is 1. The number of amides is 1. The monoisotopic (exact) mass is 543 g/mol. The first-order valence-electron chi connectivity index (χ1n) is 11.4. The van der Waals surface area contributed by atoms with Crippen LogP contribution in [0.5, 0.6) is 0 Å². The number of sulfone groups is 1. The highest BCUT2D eigenvalue weighted by atomic mass is 32.2. The molecule has 0 aliphatic rings. The summed E-state index contributed by atoms with van der Waals surface area (Å²) in [4.78, 5) is 25.2. The predicted molar refractivity (Wildman–Crippen MR) is 136 cm³/mol. The summed E-state index contributed by atoms with van der Waals surface area (Å²) in [6, 6.07) is 9.12. The third kappa shape index (κ3) is 5.91. The Bertz CT molecular complexity index is 1670. The van der Waals surface area contributed by atoms with Gasteiger partial charge in [0, 0.05) is 54.0 Å². The third-order valence-electron chi connectivity index (χ3n) is 5.90. The van der Waals surface area contributed by atoms with E-state index in [2.05, 4.69) is 20.3 Å². The van der Waals surface area contributed by atoms with Gasteiger partial charge in [-0.3, -0.25) is 14.8 Å². The fourth-order valence-electron chi connectivity index (χ4n) is 4.04. The number of aryl methyl sites for hydroxylation is 2. The fourth-order valence-corrected chi connectivity index (χ4v) is 4.93. The van der Waals surface area contributed by atoms with Crippen molar-refractivity contribution in [1.29, 1.82) is 0 Å². The number of nitrogens with zero attached hydrogens (tertiary/aromatic N) is 3. The first-order valence-corrected chi connectivity index (χ1v) is 13.3. The molecule has 1 amide bonds. The van der Waals surface area contributed by atoms with E-state index in [0.29, 0.717) is 22.2 Å². The molecule has 0 unspecified atom stereocenters. The molecule has 0 radical (unpaired) electrons. The smallest absolute Gasteiger partial charge is 0.383 e. The van der Waals surface area contributed by atoms with E-state index in [4.69, 9.17) is 5.73 Å². The highest BCUT2D eigenvalue weighted by molar-refractivity contribution is 7.91. The minimum atomic E-state index is -4.67. The van der Waals surface area contributed by atoms with Gasteiger partial charge in [0.1, 0.15) is 5.82 Å². The second-order valence-electron chi connectivity index (χ2n) is 9.01. The summed E-state index contributed by atoms with van der Waals surface area (Å²) in [5, 5.41) is 3.27. The molecule has 0 aliphatic heterocycles. The number of carbonyl (C=O) groups is 1. The lowest BCUT2D eigenvalue weighted by atomic mass is 10.0. The molecule has 4 aromatic rings. The summed E-state index contributed by atoms with van der Waals surface area (Å²) in [7, 11) is -3.56. The van der Waals surface area contributed by atoms with Crippen molar-refractivity contribution in [2.24, 2.45) is 0 Å². The number of pyridine rings is 3. The quantitative estimate of drug-likeness (QED) is 0.374. The van der Waals surface area contributed by atoms with Gasteiger partial charge in [0.2, 0.25) is 0 Å². The summed E-state index contributed by atoms with van der Waals surface area (Å²) in [5.41, 5.74) is 7.47. The van der Waals surface area contributed by atoms with Gasteiger partial charge in [-0.05, 0) is 66.9 Å². The standard InChI is InChI=1S/C26H24F3N5O3S/c1-14-6-18-7-16(9-22(38(3,36)37)23(18)32-12-14)8-20-10-17(4-5-31-20)25(35)33-13-19-11-21(26(27,28)29)24(30)34-15(19)2/h4-7,9-12H,8,13H2,1-3H3,(H2,30,34)(H,33,35). The molecule has 4 rings (SSSR count). The summed E-state index contributed by atoms with van der Waals surface area (Å²) < 4.78 is 64.4. The van der Waals surface area contributed by atoms with Crippen molar-refractivity contribution in [2.75, 3.05) is 12.0 Å². The molecule has 0 aliphatic carbocycles. The number of anilines is 1. The van der Waals surface area contributed by atoms with Gasteiger partial charge >= 0.3 is 6.18 Å². The number of halogens is 3. The topological polar surface area (TPSA) is 128 Å². The van der Waals surface area contributed by atoms with Crippen LogP contribution in [0.15, 0.2) is 53.7 Å². The average molecular weight is 544 g/mol. The number of nitrogens with one attached hydrogen (secondary N) is 1. The van der Waals surface area contributed by atoms with Crippen LogP contribution in [0.1, 0.15) is 44.0 Å². The number of hydrogen-bond acceptors (Lipinski definition) is 7. The van der Waals surface area contributed by atoms with Gasteiger partial charge in [-0.25, -0.2) is 13.4 Å². The predicted octanol–water partition coefficient (Wildman–Crippen LogP) is 4.17. The van der Waals surface area contributed by atoms with Gasteiger partial charge in [0.25, 0.3) is 5.91 Å². The number of nitrogens with two attached hydrogens (primary N) is 1. The summed E-state index contributed by atoms with van der Waals surface area (Å²) in [6.07, 6.45) is -0.272. The maximum Gasteiger partial charge on any atom is 0.419 e. The van der Waals surface area contributed by atoms with E-state index in [-0.39, 0.29) is 34.7 Å².